The number of carbonyl (C=O) groups excluding carboxylic acids is 2. The maximum absolute atomic E-state index is 12.2. The minimum absolute atomic E-state index is 0.000376. The normalized spacial score (nSPS) is 13.2. The second-order valence-corrected chi connectivity index (χ2v) is 10.5. The highest BCUT2D eigenvalue weighted by Gasteiger charge is 2.44. The van der Waals surface area contributed by atoms with Gasteiger partial charge in [0.2, 0.25) is 0 Å². The predicted octanol–water partition coefficient (Wildman–Crippen LogP) is 5.53. The van der Waals surface area contributed by atoms with E-state index in [2.05, 4.69) is 0 Å². The molecular formula is C26H31F3O9S. The Morgan fingerprint density at radius 2 is 1.72 bits per heavy atom. The zero-order valence-electron chi connectivity index (χ0n) is 21.7. The second-order valence-electron chi connectivity index (χ2n) is 9.11. The van der Waals surface area contributed by atoms with Gasteiger partial charge in [-0.1, -0.05) is 13.8 Å². The van der Waals surface area contributed by atoms with Crippen molar-refractivity contribution < 1.29 is 55.0 Å². The summed E-state index contributed by atoms with van der Waals surface area (Å²) >= 11 is 0. The summed E-state index contributed by atoms with van der Waals surface area (Å²) in [7, 11) is -5.84. The van der Waals surface area contributed by atoms with Crippen molar-refractivity contribution in [1.29, 1.82) is 0 Å². The van der Waals surface area contributed by atoms with Gasteiger partial charge in [0, 0.05) is 24.5 Å². The molecule has 0 atom stereocenters. The smallest absolute Gasteiger partial charge is 0.507 e. The van der Waals surface area contributed by atoms with Crippen LogP contribution in [0.5, 0.6) is 23.0 Å². The molecule has 0 saturated heterocycles. The fourth-order valence-corrected chi connectivity index (χ4v) is 3.45. The number of unbranched alkanes of at least 4 members (excludes halogenated alkanes) is 1. The monoisotopic (exact) mass is 576 g/mol. The van der Waals surface area contributed by atoms with Crippen LogP contribution in [0.3, 0.4) is 0 Å². The van der Waals surface area contributed by atoms with Gasteiger partial charge in [-0.05, 0) is 49.9 Å². The van der Waals surface area contributed by atoms with Gasteiger partial charge in [0.15, 0.2) is 11.6 Å². The lowest BCUT2D eigenvalue weighted by Crippen LogP contribution is -2.21. The number of ether oxygens (including phenoxy) is 3. The van der Waals surface area contributed by atoms with Gasteiger partial charge >= 0.3 is 15.6 Å². The summed E-state index contributed by atoms with van der Waals surface area (Å²) in [6, 6.07) is 8.68. The number of phenolic OH excluding ortho intramolecular Hbond substituents is 1. The SMILES string of the molecule is Cc1c(OCCCCOc2ccc3c(c2)OCCC3=O)ccc(C(=O)CC(C)C)c1O.O=S(=O)(O)C(F)(F)F. The Morgan fingerprint density at radius 3 is 2.31 bits per heavy atom. The highest BCUT2D eigenvalue weighted by Crippen LogP contribution is 2.32. The first-order valence-electron chi connectivity index (χ1n) is 12.1. The maximum Gasteiger partial charge on any atom is 0.522 e. The van der Waals surface area contributed by atoms with Gasteiger partial charge in [-0.25, -0.2) is 0 Å². The zero-order chi connectivity index (χ0) is 29.4. The molecule has 0 aliphatic carbocycles. The number of fused-ring (bicyclic) bond motifs is 1. The molecule has 0 saturated carbocycles. The maximum atomic E-state index is 12.2. The van der Waals surface area contributed by atoms with Crippen molar-refractivity contribution >= 4 is 21.7 Å². The molecule has 0 unspecified atom stereocenters. The van der Waals surface area contributed by atoms with E-state index in [4.69, 9.17) is 27.2 Å². The average Bonchev–Trinajstić information content (AvgIpc) is 2.82. The van der Waals surface area contributed by atoms with Crippen molar-refractivity contribution in [2.45, 2.75) is 52.0 Å². The van der Waals surface area contributed by atoms with Crippen LogP contribution in [0.25, 0.3) is 0 Å². The van der Waals surface area contributed by atoms with Gasteiger partial charge in [0.25, 0.3) is 0 Å². The molecule has 216 valence electrons. The summed E-state index contributed by atoms with van der Waals surface area (Å²) in [6.07, 6.45) is 2.38. The molecule has 1 aliphatic rings. The molecule has 0 fully saturated rings. The van der Waals surface area contributed by atoms with Crippen LogP contribution in [-0.2, 0) is 10.1 Å². The number of ketones is 2. The fourth-order valence-electron chi connectivity index (χ4n) is 3.45. The minimum Gasteiger partial charge on any atom is -0.507 e. The van der Waals surface area contributed by atoms with E-state index >= 15 is 0 Å². The van der Waals surface area contributed by atoms with Crippen LogP contribution >= 0.6 is 0 Å². The fraction of sp³-hybridized carbons (Fsp3) is 0.462. The van der Waals surface area contributed by atoms with Gasteiger partial charge in [-0.2, -0.15) is 21.6 Å². The lowest BCUT2D eigenvalue weighted by molar-refractivity contribution is -0.0510. The Hall–Kier alpha value is -3.32. The molecule has 0 aromatic heterocycles. The molecule has 2 aromatic carbocycles. The molecule has 0 radical (unpaired) electrons. The number of hydrogen-bond donors (Lipinski definition) is 2. The molecule has 1 heterocycles. The zero-order valence-corrected chi connectivity index (χ0v) is 22.5. The first kappa shape index (κ1) is 31.9. The highest BCUT2D eigenvalue weighted by atomic mass is 32.2. The number of carbonyl (C=O) groups is 2. The van der Waals surface area contributed by atoms with E-state index < -0.39 is 15.6 Å². The van der Waals surface area contributed by atoms with Crippen molar-refractivity contribution in [3.63, 3.8) is 0 Å². The van der Waals surface area contributed by atoms with Crippen molar-refractivity contribution in [1.82, 2.24) is 0 Å². The molecule has 2 aromatic rings. The first-order chi connectivity index (χ1) is 18.1. The van der Waals surface area contributed by atoms with Gasteiger partial charge in [0.05, 0.1) is 30.9 Å². The van der Waals surface area contributed by atoms with Gasteiger partial charge in [-0.15, -0.1) is 0 Å². The van der Waals surface area contributed by atoms with Crippen LogP contribution in [0.4, 0.5) is 13.2 Å². The Bertz CT molecular complexity index is 1270. The summed E-state index contributed by atoms with van der Waals surface area (Å²) in [4.78, 5) is 24.1. The standard InChI is InChI=1S/C25H30O6.CHF3O3S/c1-16(2)14-22(27)20-8-9-23(17(3)25(20)28)30-12-5-4-11-29-18-6-7-19-21(26)10-13-31-24(19)15-18;2-1(3,4)8(5,6)7/h6-9,15-16,28H,4-5,10-14H2,1-3H3;(H,5,6,7). The van der Waals surface area contributed by atoms with Crippen LogP contribution in [0.15, 0.2) is 30.3 Å². The van der Waals surface area contributed by atoms with Crippen LogP contribution < -0.4 is 14.2 Å². The topological polar surface area (TPSA) is 136 Å². The quantitative estimate of drug-likeness (QED) is 0.162. The molecule has 13 heteroatoms. The Kier molecular flexibility index (Phi) is 11.2. The Morgan fingerprint density at radius 1 is 1.10 bits per heavy atom. The van der Waals surface area contributed by atoms with Crippen molar-refractivity contribution in [2.24, 2.45) is 5.92 Å². The minimum atomic E-state index is -5.84. The largest absolute Gasteiger partial charge is 0.522 e. The van der Waals surface area contributed by atoms with E-state index in [1.165, 1.54) is 0 Å². The third kappa shape index (κ3) is 9.43. The van der Waals surface area contributed by atoms with Gasteiger partial charge < -0.3 is 19.3 Å². The summed E-state index contributed by atoms with van der Waals surface area (Å²) in [5, 5.41) is 10.4. The molecule has 0 amide bonds. The average molecular weight is 577 g/mol. The van der Waals surface area contributed by atoms with Crippen LogP contribution in [-0.4, -0.2) is 55.0 Å². The van der Waals surface area contributed by atoms with Crippen molar-refractivity contribution in [3.8, 4) is 23.0 Å². The summed E-state index contributed by atoms with van der Waals surface area (Å²) in [5.41, 5.74) is -3.99. The van der Waals surface area contributed by atoms with E-state index in [0.29, 0.717) is 66.6 Å². The van der Waals surface area contributed by atoms with Crippen LogP contribution in [0, 0.1) is 12.8 Å². The van der Waals surface area contributed by atoms with Crippen LogP contribution in [0.1, 0.15) is 65.8 Å². The third-order valence-electron chi connectivity index (χ3n) is 5.47. The number of benzene rings is 2. The van der Waals surface area contributed by atoms with E-state index in [-0.39, 0.29) is 23.2 Å². The van der Waals surface area contributed by atoms with Gasteiger partial charge in [-0.3, -0.25) is 14.1 Å². The third-order valence-corrected chi connectivity index (χ3v) is 6.06. The number of halogens is 3. The van der Waals surface area contributed by atoms with E-state index in [0.717, 1.165) is 12.8 Å². The van der Waals surface area contributed by atoms with E-state index in [1.54, 1.807) is 37.3 Å². The van der Waals surface area contributed by atoms with Crippen molar-refractivity contribution in [2.75, 3.05) is 19.8 Å². The molecule has 1 aliphatic heterocycles. The molecular weight excluding hydrogens is 545 g/mol. The van der Waals surface area contributed by atoms with E-state index in [1.807, 2.05) is 13.8 Å². The van der Waals surface area contributed by atoms with E-state index in [9.17, 15) is 27.9 Å². The summed E-state index contributed by atoms with van der Waals surface area (Å²) in [5.74, 6) is 2.12. The summed E-state index contributed by atoms with van der Waals surface area (Å²) in [6.45, 7) is 7.11. The molecule has 0 bridgehead atoms. The molecule has 3 rings (SSSR count). The Labute approximate surface area is 224 Å². The first-order valence-corrected chi connectivity index (χ1v) is 13.5. The lowest BCUT2D eigenvalue weighted by atomic mass is 9.98. The molecule has 39 heavy (non-hydrogen) atoms. The molecule has 9 nitrogen and oxygen atoms in total. The van der Waals surface area contributed by atoms with Crippen LogP contribution in [0.2, 0.25) is 0 Å². The number of rotatable bonds is 10. The molecule has 2 N–H and O–H groups in total. The number of aromatic hydroxyl groups is 1. The number of Topliss-reactive ketones (excluding diaryl/α,β-unsaturated/α-hetero) is 2. The predicted molar refractivity (Wildman–Crippen MR) is 135 cm³/mol. The second kappa shape index (κ2) is 13.7. The lowest BCUT2D eigenvalue weighted by Gasteiger charge is -2.17. The number of phenols is 1. The Balaban J connectivity index is 0.000000580. The number of alkyl halides is 3. The highest BCUT2D eigenvalue weighted by molar-refractivity contribution is 7.86. The number of hydrogen-bond acceptors (Lipinski definition) is 8. The van der Waals surface area contributed by atoms with Gasteiger partial charge in [0.1, 0.15) is 23.0 Å². The summed E-state index contributed by atoms with van der Waals surface area (Å²) < 4.78 is 74.6. The van der Waals surface area contributed by atoms with Crippen molar-refractivity contribution in [3.05, 3.63) is 47.0 Å². The molecule has 0 spiro atoms.